The van der Waals surface area contributed by atoms with E-state index in [1.807, 2.05) is 18.0 Å². The SMILES string of the molecule is CNCc1ccc(F)c(CN2CCS(=O)(=O)CC2)c1. The lowest BCUT2D eigenvalue weighted by Gasteiger charge is -2.26. The molecule has 1 fully saturated rings. The molecule has 1 heterocycles. The van der Waals surface area contributed by atoms with Gasteiger partial charge in [-0.3, -0.25) is 4.90 Å². The minimum atomic E-state index is -2.88. The maximum Gasteiger partial charge on any atom is 0.152 e. The van der Waals surface area contributed by atoms with Gasteiger partial charge < -0.3 is 5.32 Å². The number of benzene rings is 1. The van der Waals surface area contributed by atoms with Gasteiger partial charge in [0, 0.05) is 31.7 Å². The summed E-state index contributed by atoms with van der Waals surface area (Å²) in [6.45, 7) is 2.14. The van der Waals surface area contributed by atoms with Crippen molar-refractivity contribution in [2.45, 2.75) is 13.1 Å². The third-order valence-corrected chi connectivity index (χ3v) is 4.93. The van der Waals surface area contributed by atoms with Gasteiger partial charge in [0.05, 0.1) is 11.5 Å². The lowest BCUT2D eigenvalue weighted by molar-refractivity contribution is 0.283. The zero-order valence-electron chi connectivity index (χ0n) is 11.0. The smallest absolute Gasteiger partial charge is 0.152 e. The van der Waals surface area contributed by atoms with Gasteiger partial charge in [0.25, 0.3) is 0 Å². The first-order valence-corrected chi connectivity index (χ1v) is 8.17. The number of nitrogens with one attached hydrogen (secondary N) is 1. The molecule has 19 heavy (non-hydrogen) atoms. The Morgan fingerprint density at radius 3 is 2.63 bits per heavy atom. The molecule has 0 unspecified atom stereocenters. The van der Waals surface area contributed by atoms with Crippen LogP contribution in [0.3, 0.4) is 0 Å². The second kappa shape index (κ2) is 5.98. The average molecular weight is 286 g/mol. The van der Waals surface area contributed by atoms with Crippen molar-refractivity contribution in [3.05, 3.63) is 35.1 Å². The molecule has 1 N–H and O–H groups in total. The van der Waals surface area contributed by atoms with Crippen LogP contribution in [0.15, 0.2) is 18.2 Å². The first-order chi connectivity index (χ1) is 9.00. The maximum atomic E-state index is 13.8. The Balaban J connectivity index is 2.04. The van der Waals surface area contributed by atoms with Crippen LogP contribution in [0.25, 0.3) is 0 Å². The van der Waals surface area contributed by atoms with Crippen molar-refractivity contribution in [3.63, 3.8) is 0 Å². The van der Waals surface area contributed by atoms with Gasteiger partial charge in [-0.15, -0.1) is 0 Å². The molecule has 0 aromatic heterocycles. The fourth-order valence-electron chi connectivity index (χ4n) is 2.21. The Morgan fingerprint density at radius 2 is 2.00 bits per heavy atom. The van der Waals surface area contributed by atoms with E-state index in [4.69, 9.17) is 0 Å². The van der Waals surface area contributed by atoms with E-state index < -0.39 is 9.84 Å². The van der Waals surface area contributed by atoms with E-state index in [0.717, 1.165) is 5.56 Å². The van der Waals surface area contributed by atoms with Gasteiger partial charge in [-0.25, -0.2) is 12.8 Å². The second-order valence-electron chi connectivity index (χ2n) is 4.88. The molecule has 106 valence electrons. The van der Waals surface area contributed by atoms with Gasteiger partial charge in [0.2, 0.25) is 0 Å². The number of halogens is 1. The van der Waals surface area contributed by atoms with Crippen LogP contribution >= 0.6 is 0 Å². The summed E-state index contributed by atoms with van der Waals surface area (Å²) < 4.78 is 36.4. The molecule has 0 saturated carbocycles. The van der Waals surface area contributed by atoms with Crippen molar-refractivity contribution in [1.82, 2.24) is 10.2 Å². The van der Waals surface area contributed by atoms with Gasteiger partial charge in [-0.2, -0.15) is 0 Å². The van der Waals surface area contributed by atoms with Crippen LogP contribution in [0.2, 0.25) is 0 Å². The molecule has 1 aliphatic heterocycles. The highest BCUT2D eigenvalue weighted by Crippen LogP contribution is 2.15. The van der Waals surface area contributed by atoms with Gasteiger partial charge in [0.1, 0.15) is 5.82 Å². The molecule has 0 aliphatic carbocycles. The molecule has 0 radical (unpaired) electrons. The van der Waals surface area contributed by atoms with E-state index in [2.05, 4.69) is 5.32 Å². The van der Waals surface area contributed by atoms with Crippen LogP contribution in [0.1, 0.15) is 11.1 Å². The molecule has 6 heteroatoms. The summed E-state index contributed by atoms with van der Waals surface area (Å²) in [5.74, 6) is 0.114. The molecule has 1 aliphatic rings. The molecule has 4 nitrogen and oxygen atoms in total. The van der Waals surface area contributed by atoms with Crippen LogP contribution < -0.4 is 5.32 Å². The van der Waals surface area contributed by atoms with Crippen molar-refractivity contribution < 1.29 is 12.8 Å². The van der Waals surface area contributed by atoms with Gasteiger partial charge in [-0.1, -0.05) is 12.1 Å². The Morgan fingerprint density at radius 1 is 1.32 bits per heavy atom. The highest BCUT2D eigenvalue weighted by molar-refractivity contribution is 7.91. The number of sulfone groups is 1. The van der Waals surface area contributed by atoms with E-state index in [9.17, 15) is 12.8 Å². The summed E-state index contributed by atoms with van der Waals surface area (Å²) >= 11 is 0. The fraction of sp³-hybridized carbons (Fsp3) is 0.538. The topological polar surface area (TPSA) is 49.4 Å². The molecule has 0 bridgehead atoms. The van der Waals surface area contributed by atoms with Crippen LogP contribution in [-0.2, 0) is 22.9 Å². The van der Waals surface area contributed by atoms with Crippen LogP contribution in [-0.4, -0.2) is 45.0 Å². The zero-order chi connectivity index (χ0) is 13.9. The highest BCUT2D eigenvalue weighted by atomic mass is 32.2. The first kappa shape index (κ1) is 14.4. The second-order valence-corrected chi connectivity index (χ2v) is 7.19. The summed E-state index contributed by atoms with van der Waals surface area (Å²) in [7, 11) is -1.03. The molecular formula is C13H19FN2O2S. The minimum Gasteiger partial charge on any atom is -0.316 e. The Bertz CT molecular complexity index is 532. The molecule has 2 rings (SSSR count). The third kappa shape index (κ3) is 3.99. The Kier molecular flexibility index (Phi) is 4.54. The summed E-state index contributed by atoms with van der Waals surface area (Å²) in [5.41, 5.74) is 1.66. The highest BCUT2D eigenvalue weighted by Gasteiger charge is 2.22. The summed E-state index contributed by atoms with van der Waals surface area (Å²) in [5, 5.41) is 3.03. The molecule has 0 atom stereocenters. The normalized spacial score (nSPS) is 19.5. The monoisotopic (exact) mass is 286 g/mol. The molecule has 1 aromatic rings. The van der Waals surface area contributed by atoms with Gasteiger partial charge in [-0.05, 0) is 18.7 Å². The van der Waals surface area contributed by atoms with Crippen LogP contribution in [0.5, 0.6) is 0 Å². The number of rotatable bonds is 4. The van der Waals surface area contributed by atoms with Gasteiger partial charge >= 0.3 is 0 Å². The lowest BCUT2D eigenvalue weighted by atomic mass is 10.1. The Hall–Kier alpha value is -0.980. The quantitative estimate of drug-likeness (QED) is 0.888. The van der Waals surface area contributed by atoms with E-state index in [1.54, 1.807) is 6.07 Å². The summed E-state index contributed by atoms with van der Waals surface area (Å²) in [6, 6.07) is 5.08. The lowest BCUT2D eigenvalue weighted by Crippen LogP contribution is -2.39. The van der Waals surface area contributed by atoms with E-state index in [1.165, 1.54) is 6.07 Å². The zero-order valence-corrected chi connectivity index (χ0v) is 11.8. The van der Waals surface area contributed by atoms with E-state index in [-0.39, 0.29) is 17.3 Å². The van der Waals surface area contributed by atoms with Crippen LogP contribution in [0.4, 0.5) is 4.39 Å². The first-order valence-electron chi connectivity index (χ1n) is 6.35. The van der Waals surface area contributed by atoms with E-state index >= 15 is 0 Å². The Labute approximate surface area is 113 Å². The molecule has 0 amide bonds. The number of hydrogen-bond donors (Lipinski definition) is 1. The standard InChI is InChI=1S/C13H19FN2O2S/c1-15-9-11-2-3-13(14)12(8-11)10-16-4-6-19(17,18)7-5-16/h2-3,8,15H,4-7,9-10H2,1H3. The predicted molar refractivity (Wildman–Crippen MR) is 73.1 cm³/mol. The average Bonchev–Trinajstić information content (AvgIpc) is 2.36. The van der Waals surface area contributed by atoms with Crippen molar-refractivity contribution >= 4 is 9.84 Å². The minimum absolute atomic E-state index is 0.171. The third-order valence-electron chi connectivity index (χ3n) is 3.32. The largest absolute Gasteiger partial charge is 0.316 e. The fourth-order valence-corrected chi connectivity index (χ4v) is 3.49. The molecule has 1 aromatic carbocycles. The molecular weight excluding hydrogens is 267 g/mol. The number of nitrogens with zero attached hydrogens (tertiary/aromatic N) is 1. The summed E-state index contributed by atoms with van der Waals surface area (Å²) in [4.78, 5) is 1.99. The maximum absolute atomic E-state index is 13.8. The van der Waals surface area contributed by atoms with E-state index in [0.29, 0.717) is 31.7 Å². The van der Waals surface area contributed by atoms with Crippen molar-refractivity contribution in [3.8, 4) is 0 Å². The molecule has 0 spiro atoms. The summed E-state index contributed by atoms with van der Waals surface area (Å²) in [6.07, 6.45) is 0. The van der Waals surface area contributed by atoms with Crippen molar-refractivity contribution in [1.29, 1.82) is 0 Å². The number of hydrogen-bond acceptors (Lipinski definition) is 4. The van der Waals surface area contributed by atoms with Crippen molar-refractivity contribution in [2.75, 3.05) is 31.6 Å². The predicted octanol–water partition coefficient (Wildman–Crippen LogP) is 0.775. The van der Waals surface area contributed by atoms with Gasteiger partial charge in [0.15, 0.2) is 9.84 Å². The van der Waals surface area contributed by atoms with Crippen LogP contribution in [0, 0.1) is 5.82 Å². The van der Waals surface area contributed by atoms with Crippen molar-refractivity contribution in [2.24, 2.45) is 0 Å². The molecule has 1 saturated heterocycles.